The fraction of sp³-hybridized carbons (Fsp3) is 0.519. The van der Waals surface area contributed by atoms with E-state index in [1.807, 2.05) is 0 Å². The number of hydrogen-bond donors (Lipinski definition) is 3. The molecule has 0 aliphatic heterocycles. The Morgan fingerprint density at radius 3 is 2.50 bits per heavy atom. The van der Waals surface area contributed by atoms with E-state index in [1.54, 1.807) is 0 Å². The van der Waals surface area contributed by atoms with Crippen molar-refractivity contribution >= 4 is 5.97 Å². The number of benzene rings is 2. The first-order valence-electron chi connectivity index (χ1n) is 12.0. The summed E-state index contributed by atoms with van der Waals surface area (Å²) in [6.07, 6.45) is 3.65. The van der Waals surface area contributed by atoms with Crippen LogP contribution in [0.2, 0.25) is 0 Å². The smallest absolute Gasteiger partial charge is 0.303 e. The number of fused-ring (bicyclic) bond motifs is 1. The van der Waals surface area contributed by atoms with Gasteiger partial charge in [-0.1, -0.05) is 24.3 Å². The van der Waals surface area contributed by atoms with Crippen molar-refractivity contribution in [3.63, 3.8) is 0 Å². The Hall–Kier alpha value is -2.51. The van der Waals surface area contributed by atoms with E-state index in [1.165, 1.54) is 17.2 Å². The maximum atomic E-state index is 14.2. The minimum atomic E-state index is -1.09. The number of aryl methyl sites for hydroxylation is 1. The van der Waals surface area contributed by atoms with Crippen LogP contribution in [0.4, 0.5) is 8.78 Å². The molecule has 2 aromatic rings. The maximum Gasteiger partial charge on any atom is 0.303 e. The molecule has 0 spiro atoms. The lowest BCUT2D eigenvalue weighted by Gasteiger charge is -2.30. The van der Waals surface area contributed by atoms with Gasteiger partial charge < -0.3 is 20.3 Å². The van der Waals surface area contributed by atoms with E-state index >= 15 is 0 Å². The van der Waals surface area contributed by atoms with Crippen LogP contribution < -0.4 is 10.1 Å². The summed E-state index contributed by atoms with van der Waals surface area (Å²) >= 11 is 0. The van der Waals surface area contributed by atoms with Gasteiger partial charge in [0.15, 0.2) is 11.6 Å². The highest BCUT2D eigenvalue weighted by Gasteiger charge is 2.28. The number of halogens is 2. The number of rotatable bonds is 13. The summed E-state index contributed by atoms with van der Waals surface area (Å²) < 4.78 is 33.5. The molecule has 3 N–H and O–H groups in total. The number of carboxylic acids is 1. The van der Waals surface area contributed by atoms with E-state index in [4.69, 9.17) is 9.84 Å². The summed E-state index contributed by atoms with van der Waals surface area (Å²) in [6.45, 7) is 4.31. The van der Waals surface area contributed by atoms with E-state index < -0.39 is 23.7 Å². The number of aliphatic carboxylic acids is 1. The number of aliphatic hydroxyl groups is 1. The topological polar surface area (TPSA) is 78.8 Å². The third-order valence-corrected chi connectivity index (χ3v) is 6.34. The first kappa shape index (κ1) is 26.1. The average Bonchev–Trinajstić information content (AvgIpc) is 3.18. The van der Waals surface area contributed by atoms with E-state index in [-0.39, 0.29) is 30.9 Å². The summed E-state index contributed by atoms with van der Waals surface area (Å²) in [5.41, 5.74) is 3.16. The lowest BCUT2D eigenvalue weighted by Crippen LogP contribution is -2.46. The van der Waals surface area contributed by atoms with Crippen molar-refractivity contribution in [2.24, 2.45) is 5.92 Å². The molecule has 0 heterocycles. The molecule has 1 aliphatic rings. The Labute approximate surface area is 200 Å². The minimum absolute atomic E-state index is 0.0380. The van der Waals surface area contributed by atoms with Gasteiger partial charge in [-0.05, 0) is 87.1 Å². The van der Waals surface area contributed by atoms with Gasteiger partial charge >= 0.3 is 5.97 Å². The molecule has 2 aromatic carbocycles. The van der Waals surface area contributed by atoms with Crippen molar-refractivity contribution in [3.8, 4) is 5.75 Å². The first-order valence-corrected chi connectivity index (χ1v) is 12.0. The Bertz CT molecular complexity index is 954. The zero-order valence-electron chi connectivity index (χ0n) is 19.9. The van der Waals surface area contributed by atoms with Gasteiger partial charge in [0.05, 0.1) is 0 Å². The number of nitrogens with one attached hydrogen (secondary N) is 1. The molecule has 1 atom stereocenters. The second-order valence-corrected chi connectivity index (χ2v) is 9.97. The molecule has 0 saturated heterocycles. The molecular formula is C27H35F2NO4. The number of unbranched alkanes of at least 4 members (excludes halogenated alkanes) is 1. The molecule has 186 valence electrons. The number of ether oxygens (including phenoxy) is 1. The molecule has 0 radical (unpaired) electrons. The van der Waals surface area contributed by atoms with Gasteiger partial charge in [0, 0.05) is 18.5 Å². The van der Waals surface area contributed by atoms with Crippen molar-refractivity contribution in [1.82, 2.24) is 5.32 Å². The highest BCUT2D eigenvalue weighted by Crippen LogP contribution is 2.32. The van der Waals surface area contributed by atoms with Crippen LogP contribution in [0.1, 0.15) is 56.2 Å². The average molecular weight is 476 g/mol. The number of carboxylic acid groups (broad SMARTS) is 1. The molecule has 5 nitrogen and oxygen atoms in total. The van der Waals surface area contributed by atoms with Crippen LogP contribution in [0.25, 0.3) is 0 Å². The van der Waals surface area contributed by atoms with Gasteiger partial charge in [-0.25, -0.2) is 4.39 Å². The van der Waals surface area contributed by atoms with Gasteiger partial charge in [-0.2, -0.15) is 4.39 Å². The molecule has 0 aromatic heterocycles. The van der Waals surface area contributed by atoms with Crippen molar-refractivity contribution < 1.29 is 28.5 Å². The van der Waals surface area contributed by atoms with Gasteiger partial charge in [0.2, 0.25) is 5.82 Å². The minimum Gasteiger partial charge on any atom is -0.488 e. The summed E-state index contributed by atoms with van der Waals surface area (Å²) in [5, 5.41) is 22.5. The molecular weight excluding hydrogens is 440 g/mol. The Balaban J connectivity index is 1.45. The number of aliphatic hydroxyl groups excluding tert-OH is 1. The van der Waals surface area contributed by atoms with Gasteiger partial charge in [-0.3, -0.25) is 4.79 Å². The number of carbonyl (C=O) groups is 1. The van der Waals surface area contributed by atoms with Crippen molar-refractivity contribution in [1.29, 1.82) is 0 Å². The lowest BCUT2D eigenvalue weighted by molar-refractivity contribution is -0.137. The number of hydrogen-bond acceptors (Lipinski definition) is 4. The van der Waals surface area contributed by atoms with Crippen LogP contribution in [0.5, 0.6) is 5.75 Å². The van der Waals surface area contributed by atoms with Crippen LogP contribution in [-0.4, -0.2) is 41.0 Å². The SMILES string of the molecule is CC(C)(CC1Cc2ccccc2C1)NC[C@@H](O)COc1cc(CCCCC(=O)O)cc(F)c1F. The second kappa shape index (κ2) is 11.8. The van der Waals surface area contributed by atoms with Crippen molar-refractivity contribution in [3.05, 3.63) is 64.7 Å². The Kier molecular flexibility index (Phi) is 9.03. The molecule has 7 heteroatoms. The Morgan fingerprint density at radius 2 is 1.85 bits per heavy atom. The van der Waals surface area contributed by atoms with Gasteiger partial charge in [0.1, 0.15) is 12.7 Å². The summed E-state index contributed by atoms with van der Waals surface area (Å²) in [5.74, 6) is -2.68. The molecule has 34 heavy (non-hydrogen) atoms. The zero-order valence-corrected chi connectivity index (χ0v) is 19.9. The van der Waals surface area contributed by atoms with Crippen molar-refractivity contribution in [2.75, 3.05) is 13.2 Å². The van der Waals surface area contributed by atoms with Gasteiger partial charge in [-0.15, -0.1) is 0 Å². The number of β-amino-alcohol motifs (C(OH)–C–C–N with tert-alkyl or cyclic N) is 1. The Morgan fingerprint density at radius 1 is 1.18 bits per heavy atom. The van der Waals surface area contributed by atoms with E-state index in [9.17, 15) is 18.7 Å². The van der Waals surface area contributed by atoms with Crippen LogP contribution in [-0.2, 0) is 24.1 Å². The monoisotopic (exact) mass is 475 g/mol. The molecule has 0 fully saturated rings. The summed E-state index contributed by atoms with van der Waals surface area (Å²) in [4.78, 5) is 10.6. The third-order valence-electron chi connectivity index (χ3n) is 6.34. The van der Waals surface area contributed by atoms with Crippen LogP contribution >= 0.6 is 0 Å². The molecule has 0 saturated carbocycles. The zero-order chi connectivity index (χ0) is 24.7. The highest BCUT2D eigenvalue weighted by atomic mass is 19.2. The molecule has 1 aliphatic carbocycles. The molecule has 0 amide bonds. The van der Waals surface area contributed by atoms with Crippen molar-refractivity contribution in [2.45, 2.75) is 70.4 Å². The molecule has 0 bridgehead atoms. The standard InChI is InChI=1S/C27H35F2NO4/c1-27(2,15-19-11-20-8-4-5-9-21(20)12-19)30-16-22(31)17-34-24-14-18(13-23(28)26(24)29)7-3-6-10-25(32)33/h4-5,8-9,13-14,19,22,30-31H,3,6-7,10-12,15-17H2,1-2H3,(H,32,33)/t22-/m1/s1. The summed E-state index contributed by atoms with van der Waals surface area (Å²) in [6, 6.07) is 11.0. The van der Waals surface area contributed by atoms with Crippen LogP contribution in [0.3, 0.4) is 0 Å². The van der Waals surface area contributed by atoms with Crippen LogP contribution in [0, 0.1) is 17.6 Å². The molecule has 3 rings (SSSR count). The largest absolute Gasteiger partial charge is 0.488 e. The summed E-state index contributed by atoms with van der Waals surface area (Å²) in [7, 11) is 0. The fourth-order valence-corrected chi connectivity index (χ4v) is 4.70. The third kappa shape index (κ3) is 7.77. The van der Waals surface area contributed by atoms with Crippen LogP contribution in [0.15, 0.2) is 36.4 Å². The van der Waals surface area contributed by atoms with E-state index in [2.05, 4.69) is 43.4 Å². The highest BCUT2D eigenvalue weighted by molar-refractivity contribution is 5.66. The predicted molar refractivity (Wildman–Crippen MR) is 127 cm³/mol. The molecule has 0 unspecified atom stereocenters. The normalized spacial score (nSPS) is 14.7. The maximum absolute atomic E-state index is 14.2. The second-order valence-electron chi connectivity index (χ2n) is 9.97. The predicted octanol–water partition coefficient (Wildman–Crippen LogP) is 4.68. The quantitative estimate of drug-likeness (QED) is 0.367. The van der Waals surface area contributed by atoms with Gasteiger partial charge in [0.25, 0.3) is 0 Å². The van der Waals surface area contributed by atoms with E-state index in [0.717, 1.165) is 25.3 Å². The van der Waals surface area contributed by atoms with E-state index in [0.29, 0.717) is 30.7 Å². The lowest BCUT2D eigenvalue weighted by atomic mass is 9.88. The fourth-order valence-electron chi connectivity index (χ4n) is 4.70. The first-order chi connectivity index (χ1) is 16.1.